The van der Waals surface area contributed by atoms with Crippen molar-refractivity contribution in [3.8, 4) is 0 Å². The Morgan fingerprint density at radius 3 is 1.07 bits per heavy atom. The van der Waals surface area contributed by atoms with Gasteiger partial charge in [0.25, 0.3) is 0 Å². The molecule has 0 spiro atoms. The first-order valence-electron chi connectivity index (χ1n) is 9.16. The van der Waals surface area contributed by atoms with E-state index in [-0.39, 0.29) is 0 Å². The summed E-state index contributed by atoms with van der Waals surface area (Å²) in [5, 5.41) is 5.40. The molecule has 0 amide bonds. The molecule has 2 nitrogen and oxygen atoms in total. The lowest BCUT2D eigenvalue weighted by Gasteiger charge is -2.34. The van der Waals surface area contributed by atoms with Crippen molar-refractivity contribution in [3.63, 3.8) is 0 Å². The third kappa shape index (κ3) is 3.11. The van der Waals surface area contributed by atoms with Gasteiger partial charge in [-0.15, -0.1) is 0 Å². The number of aromatic nitrogens is 2. The highest BCUT2D eigenvalue weighted by Gasteiger charge is 2.41. The zero-order valence-corrected chi connectivity index (χ0v) is 16.6. The summed E-state index contributed by atoms with van der Waals surface area (Å²) in [6.07, 6.45) is 7.61. The van der Waals surface area contributed by atoms with Gasteiger partial charge in [-0.25, -0.2) is 0 Å². The molecule has 132 valence electrons. The minimum Gasteiger partial charge on any atom is -0.265 e. The Labute approximate surface area is 161 Å². The van der Waals surface area contributed by atoms with Crippen LogP contribution in [0.1, 0.15) is 11.1 Å². The standard InChI is InChI=1S/C24H22N2Si/c1-19-3-7-21(8-4-19)27(23-11-15-25-16-12-23,24-13-17-26-18-14-24)22-9-5-20(2)6-10-22/h3-18H,1-2H3. The summed E-state index contributed by atoms with van der Waals surface area (Å²) in [7, 11) is -2.43. The molecule has 0 aliphatic heterocycles. The zero-order chi connectivity index (χ0) is 18.7. The van der Waals surface area contributed by atoms with Crippen LogP contribution in [0.25, 0.3) is 0 Å². The highest BCUT2D eigenvalue weighted by Crippen LogP contribution is 2.10. The van der Waals surface area contributed by atoms with Gasteiger partial charge in [0.2, 0.25) is 0 Å². The van der Waals surface area contributed by atoms with E-state index in [1.54, 1.807) is 0 Å². The summed E-state index contributed by atoms with van der Waals surface area (Å²) < 4.78 is 0. The molecule has 0 aliphatic carbocycles. The highest BCUT2D eigenvalue weighted by atomic mass is 28.3. The van der Waals surface area contributed by atoms with Crippen LogP contribution < -0.4 is 20.7 Å². The van der Waals surface area contributed by atoms with Crippen molar-refractivity contribution in [2.75, 3.05) is 0 Å². The Hall–Kier alpha value is -3.04. The minimum atomic E-state index is -2.43. The molecule has 0 N–H and O–H groups in total. The second kappa shape index (κ2) is 7.29. The van der Waals surface area contributed by atoms with Crippen molar-refractivity contribution < 1.29 is 0 Å². The summed E-state index contributed by atoms with van der Waals surface area (Å²) in [5.74, 6) is 0. The molecule has 2 heterocycles. The Morgan fingerprint density at radius 2 is 0.741 bits per heavy atom. The maximum absolute atomic E-state index is 4.28. The summed E-state index contributed by atoms with van der Waals surface area (Å²) >= 11 is 0. The van der Waals surface area contributed by atoms with Crippen molar-refractivity contribution in [2.45, 2.75) is 13.8 Å². The van der Waals surface area contributed by atoms with E-state index in [0.29, 0.717) is 0 Å². The summed E-state index contributed by atoms with van der Waals surface area (Å²) in [6.45, 7) is 4.27. The van der Waals surface area contributed by atoms with Gasteiger partial charge in [-0.05, 0) is 58.9 Å². The Bertz CT molecular complexity index is 924. The lowest BCUT2D eigenvalue weighted by molar-refractivity contribution is 1.33. The molecule has 0 unspecified atom stereocenters. The van der Waals surface area contributed by atoms with Gasteiger partial charge in [0.15, 0.2) is 8.07 Å². The molecule has 0 aliphatic rings. The summed E-state index contributed by atoms with van der Waals surface area (Å²) in [4.78, 5) is 8.56. The average molecular weight is 367 g/mol. The van der Waals surface area contributed by atoms with E-state index in [0.717, 1.165) is 0 Å². The van der Waals surface area contributed by atoms with Crippen LogP contribution in [-0.4, -0.2) is 18.0 Å². The van der Waals surface area contributed by atoms with Crippen LogP contribution in [0.15, 0.2) is 97.6 Å². The second-order valence-electron chi connectivity index (χ2n) is 6.95. The predicted molar refractivity (Wildman–Crippen MR) is 115 cm³/mol. The molecule has 4 rings (SSSR count). The van der Waals surface area contributed by atoms with Crippen molar-refractivity contribution in [1.82, 2.24) is 9.97 Å². The molecule has 27 heavy (non-hydrogen) atoms. The van der Waals surface area contributed by atoms with Crippen molar-refractivity contribution in [1.29, 1.82) is 0 Å². The van der Waals surface area contributed by atoms with E-state index in [1.807, 2.05) is 24.8 Å². The largest absolute Gasteiger partial charge is 0.265 e. The van der Waals surface area contributed by atoms with Crippen LogP contribution in [0.4, 0.5) is 0 Å². The Morgan fingerprint density at radius 1 is 0.444 bits per heavy atom. The van der Waals surface area contributed by atoms with Crippen LogP contribution in [-0.2, 0) is 0 Å². The molecular formula is C24H22N2Si. The lowest BCUT2D eigenvalue weighted by Crippen LogP contribution is -2.74. The fourth-order valence-corrected chi connectivity index (χ4v) is 8.44. The first-order chi connectivity index (χ1) is 13.2. The zero-order valence-electron chi connectivity index (χ0n) is 15.6. The van der Waals surface area contributed by atoms with Gasteiger partial charge in [0, 0.05) is 24.8 Å². The van der Waals surface area contributed by atoms with Crippen LogP contribution in [0.5, 0.6) is 0 Å². The van der Waals surface area contributed by atoms with Gasteiger partial charge < -0.3 is 0 Å². The Kier molecular flexibility index (Phi) is 4.69. The van der Waals surface area contributed by atoms with Gasteiger partial charge in [-0.2, -0.15) is 0 Å². The molecule has 3 heteroatoms. The number of rotatable bonds is 4. The third-order valence-corrected chi connectivity index (χ3v) is 9.99. The number of hydrogen-bond acceptors (Lipinski definition) is 2. The first-order valence-corrected chi connectivity index (χ1v) is 11.2. The SMILES string of the molecule is Cc1ccc([Si](c2ccncc2)(c2ccncc2)c2ccc(C)cc2)cc1. The molecule has 0 bridgehead atoms. The Balaban J connectivity index is 2.11. The second-order valence-corrected chi connectivity index (χ2v) is 10.8. The smallest absolute Gasteiger partial charge is 0.179 e. The van der Waals surface area contributed by atoms with E-state index in [2.05, 4.69) is 96.6 Å². The van der Waals surface area contributed by atoms with Gasteiger partial charge in [0.05, 0.1) is 0 Å². The number of pyridine rings is 2. The molecule has 2 aromatic carbocycles. The first kappa shape index (κ1) is 17.4. The third-order valence-electron chi connectivity index (χ3n) is 5.20. The van der Waals surface area contributed by atoms with E-state index in [4.69, 9.17) is 0 Å². The fourth-order valence-electron chi connectivity index (χ4n) is 3.81. The van der Waals surface area contributed by atoms with Crippen LogP contribution >= 0.6 is 0 Å². The van der Waals surface area contributed by atoms with Crippen LogP contribution in [0.2, 0.25) is 0 Å². The van der Waals surface area contributed by atoms with E-state index >= 15 is 0 Å². The molecule has 0 saturated carbocycles. The molecule has 0 atom stereocenters. The number of nitrogens with zero attached hydrogens (tertiary/aromatic N) is 2. The molecule has 0 fully saturated rings. The minimum absolute atomic E-state index is 1.27. The normalized spacial score (nSPS) is 11.3. The van der Waals surface area contributed by atoms with Crippen molar-refractivity contribution >= 4 is 28.8 Å². The van der Waals surface area contributed by atoms with Gasteiger partial charge >= 0.3 is 0 Å². The average Bonchev–Trinajstić information content (AvgIpc) is 2.73. The maximum Gasteiger partial charge on any atom is 0.179 e. The molecule has 2 aromatic heterocycles. The van der Waals surface area contributed by atoms with E-state index < -0.39 is 8.07 Å². The quantitative estimate of drug-likeness (QED) is 0.519. The molecular weight excluding hydrogens is 344 g/mol. The highest BCUT2D eigenvalue weighted by molar-refractivity contribution is 7.19. The van der Waals surface area contributed by atoms with Crippen molar-refractivity contribution in [3.05, 3.63) is 109 Å². The number of hydrogen-bond donors (Lipinski definition) is 0. The predicted octanol–water partition coefficient (Wildman–Crippen LogP) is 2.47. The van der Waals surface area contributed by atoms with Crippen LogP contribution in [0.3, 0.4) is 0 Å². The van der Waals surface area contributed by atoms with Crippen LogP contribution in [0, 0.1) is 13.8 Å². The van der Waals surface area contributed by atoms with Gasteiger partial charge in [-0.3, -0.25) is 9.97 Å². The number of benzene rings is 2. The molecule has 0 radical (unpaired) electrons. The lowest BCUT2D eigenvalue weighted by atomic mass is 10.2. The number of aryl methyl sites for hydroxylation is 2. The summed E-state index contributed by atoms with van der Waals surface area (Å²) in [6, 6.07) is 26.7. The maximum atomic E-state index is 4.28. The van der Waals surface area contributed by atoms with E-state index in [9.17, 15) is 0 Å². The molecule has 4 aromatic rings. The van der Waals surface area contributed by atoms with Gasteiger partial charge in [0.1, 0.15) is 0 Å². The molecule has 0 saturated heterocycles. The topological polar surface area (TPSA) is 25.8 Å². The monoisotopic (exact) mass is 366 g/mol. The summed E-state index contributed by atoms with van der Waals surface area (Å²) in [5.41, 5.74) is 2.55. The fraction of sp³-hybridized carbons (Fsp3) is 0.0833. The van der Waals surface area contributed by atoms with Gasteiger partial charge in [-0.1, -0.05) is 59.7 Å². The van der Waals surface area contributed by atoms with Crippen molar-refractivity contribution in [2.24, 2.45) is 0 Å². The van der Waals surface area contributed by atoms with E-state index in [1.165, 1.54) is 31.9 Å².